The van der Waals surface area contributed by atoms with E-state index in [9.17, 15) is 30.7 Å². The molecule has 0 N–H and O–H groups in total. The Kier molecular flexibility index (Phi) is 7.33. The minimum atomic E-state index is -4.48. The van der Waals surface area contributed by atoms with Gasteiger partial charge in [0.2, 0.25) is 0 Å². The molecule has 0 fully saturated rings. The van der Waals surface area contributed by atoms with E-state index in [1.165, 1.54) is 18.3 Å². The van der Waals surface area contributed by atoms with Crippen LogP contribution in [0.2, 0.25) is 0 Å². The van der Waals surface area contributed by atoms with Gasteiger partial charge in [0.25, 0.3) is 0 Å². The van der Waals surface area contributed by atoms with E-state index in [2.05, 4.69) is 10.2 Å². The Labute approximate surface area is 152 Å². The van der Waals surface area contributed by atoms with E-state index in [-0.39, 0.29) is 23.0 Å². The van der Waals surface area contributed by atoms with E-state index < -0.39 is 29.4 Å². The normalized spacial score (nSPS) is 12.2. The van der Waals surface area contributed by atoms with Crippen molar-refractivity contribution in [3.63, 3.8) is 0 Å². The summed E-state index contributed by atoms with van der Waals surface area (Å²) in [5.41, 5.74) is -1.46. The third kappa shape index (κ3) is 6.48. The van der Waals surface area contributed by atoms with E-state index in [0.717, 1.165) is 6.07 Å². The molecule has 0 unspecified atom stereocenters. The lowest BCUT2D eigenvalue weighted by atomic mass is 9.97. The van der Waals surface area contributed by atoms with Crippen molar-refractivity contribution in [2.24, 2.45) is 0 Å². The minimum absolute atomic E-state index is 0.124. The maximum atomic E-state index is 12.6. The van der Waals surface area contributed by atoms with E-state index in [1.807, 2.05) is 0 Å². The van der Waals surface area contributed by atoms with Gasteiger partial charge in [-0.3, -0.25) is 0 Å². The van der Waals surface area contributed by atoms with Crippen LogP contribution < -0.4 is 0 Å². The lowest BCUT2D eigenvalue weighted by Gasteiger charge is -2.15. The van der Waals surface area contributed by atoms with Crippen LogP contribution in [0, 0.1) is 5.82 Å². The highest BCUT2D eigenvalue weighted by Crippen LogP contribution is 2.35. The Morgan fingerprint density at radius 1 is 0.778 bits per heavy atom. The van der Waals surface area contributed by atoms with Crippen molar-refractivity contribution in [2.75, 3.05) is 0 Å². The van der Waals surface area contributed by atoms with Crippen molar-refractivity contribution in [3.8, 4) is 0 Å². The highest BCUT2D eigenvalue weighted by Gasteiger charge is 2.36. The number of alkyl halides is 6. The Morgan fingerprint density at radius 2 is 1.33 bits per heavy atom. The predicted octanol–water partition coefficient (Wildman–Crippen LogP) is 6.59. The molecule has 0 bridgehead atoms. The summed E-state index contributed by atoms with van der Waals surface area (Å²) in [5.74, 6) is -1.33. The molecule has 2 rings (SSSR count). The maximum Gasteiger partial charge on any atom is 0.435 e. The van der Waals surface area contributed by atoms with E-state index in [1.54, 1.807) is 27.7 Å². The van der Waals surface area contributed by atoms with Crippen LogP contribution >= 0.6 is 0 Å². The first kappa shape index (κ1) is 22.9. The quantitative estimate of drug-likeness (QED) is 0.536. The van der Waals surface area contributed by atoms with Crippen LogP contribution in [0.5, 0.6) is 0 Å². The standard InChI is InChI=1S/C10H10F4.C8H9F3N2/c1-6(2)8-4-3-7(11)5-9(8)10(12,13)14;1-5(2)6-3-4-12-13-7(6)8(9,10)11/h3-6H,1-2H3;3-5H,1-2H3. The molecule has 0 saturated heterocycles. The van der Waals surface area contributed by atoms with Crippen molar-refractivity contribution >= 4 is 0 Å². The number of hydrogen-bond acceptors (Lipinski definition) is 2. The minimum Gasteiger partial charge on any atom is -0.207 e. The summed E-state index contributed by atoms with van der Waals surface area (Å²) in [6.45, 7) is 6.66. The second kappa shape index (κ2) is 8.67. The van der Waals surface area contributed by atoms with E-state index >= 15 is 0 Å². The molecular formula is C18H19F7N2. The molecule has 0 saturated carbocycles. The summed E-state index contributed by atoms with van der Waals surface area (Å²) >= 11 is 0. The molecule has 0 atom stereocenters. The number of aromatic nitrogens is 2. The first-order valence-corrected chi connectivity index (χ1v) is 8.00. The maximum absolute atomic E-state index is 12.6. The van der Waals surface area contributed by atoms with Crippen molar-refractivity contribution in [2.45, 2.75) is 51.9 Å². The summed E-state index contributed by atoms with van der Waals surface area (Å²) in [4.78, 5) is 0. The van der Waals surface area contributed by atoms with Crippen LogP contribution in [0.3, 0.4) is 0 Å². The number of benzene rings is 1. The smallest absolute Gasteiger partial charge is 0.207 e. The summed E-state index contributed by atoms with van der Waals surface area (Å²) in [6.07, 6.45) is -7.62. The van der Waals surface area contributed by atoms with Crippen molar-refractivity contribution < 1.29 is 30.7 Å². The summed E-state index contributed by atoms with van der Waals surface area (Å²) in [5, 5.41) is 6.32. The van der Waals surface area contributed by atoms with Crippen LogP contribution in [0.25, 0.3) is 0 Å². The van der Waals surface area contributed by atoms with E-state index in [4.69, 9.17) is 0 Å². The molecule has 1 aromatic heterocycles. The van der Waals surface area contributed by atoms with Crippen LogP contribution in [-0.2, 0) is 12.4 Å². The summed E-state index contributed by atoms with van der Waals surface area (Å²) < 4.78 is 86.8. The van der Waals surface area contributed by atoms with Crippen LogP contribution in [0.15, 0.2) is 30.5 Å². The Morgan fingerprint density at radius 3 is 1.74 bits per heavy atom. The Balaban J connectivity index is 0.000000271. The van der Waals surface area contributed by atoms with Gasteiger partial charge in [0.15, 0.2) is 5.69 Å². The van der Waals surface area contributed by atoms with Gasteiger partial charge in [-0.05, 0) is 41.2 Å². The van der Waals surface area contributed by atoms with Gasteiger partial charge in [0, 0.05) is 6.20 Å². The summed E-state index contributed by atoms with van der Waals surface area (Å²) in [7, 11) is 0. The van der Waals surface area contributed by atoms with Crippen molar-refractivity contribution in [1.29, 1.82) is 0 Å². The van der Waals surface area contributed by atoms with E-state index in [0.29, 0.717) is 6.07 Å². The molecule has 1 heterocycles. The van der Waals surface area contributed by atoms with Gasteiger partial charge in [0.1, 0.15) is 5.82 Å². The van der Waals surface area contributed by atoms with Gasteiger partial charge >= 0.3 is 12.4 Å². The Hall–Kier alpha value is -2.19. The summed E-state index contributed by atoms with van der Waals surface area (Å²) in [6, 6.07) is 4.11. The van der Waals surface area contributed by atoms with Gasteiger partial charge in [-0.25, -0.2) is 4.39 Å². The second-order valence-electron chi connectivity index (χ2n) is 6.37. The monoisotopic (exact) mass is 396 g/mol. The average Bonchev–Trinajstić information content (AvgIpc) is 2.53. The van der Waals surface area contributed by atoms with Crippen LogP contribution in [0.4, 0.5) is 30.7 Å². The largest absolute Gasteiger partial charge is 0.435 e. The van der Waals surface area contributed by atoms with Crippen LogP contribution in [0.1, 0.15) is 61.9 Å². The molecule has 0 aliphatic carbocycles. The van der Waals surface area contributed by atoms with Crippen molar-refractivity contribution in [3.05, 3.63) is 58.7 Å². The molecule has 0 aliphatic rings. The molecule has 0 radical (unpaired) electrons. The molecule has 0 spiro atoms. The average molecular weight is 396 g/mol. The van der Waals surface area contributed by atoms with Gasteiger partial charge in [0.05, 0.1) is 5.56 Å². The molecule has 1 aromatic carbocycles. The van der Waals surface area contributed by atoms with Gasteiger partial charge in [-0.1, -0.05) is 33.8 Å². The van der Waals surface area contributed by atoms with Crippen molar-refractivity contribution in [1.82, 2.24) is 10.2 Å². The highest BCUT2D eigenvalue weighted by atomic mass is 19.4. The fourth-order valence-electron chi connectivity index (χ4n) is 2.31. The SMILES string of the molecule is CC(C)c1ccc(F)cc1C(F)(F)F.CC(C)c1ccnnc1C(F)(F)F. The van der Waals surface area contributed by atoms with Gasteiger partial charge in [-0.2, -0.15) is 31.4 Å². The molecule has 150 valence electrons. The molecule has 2 nitrogen and oxygen atoms in total. The number of halogens is 7. The lowest BCUT2D eigenvalue weighted by Crippen LogP contribution is -2.13. The number of nitrogens with zero attached hydrogens (tertiary/aromatic N) is 2. The zero-order chi connectivity index (χ0) is 21.0. The fourth-order valence-corrected chi connectivity index (χ4v) is 2.31. The third-order valence-corrected chi connectivity index (χ3v) is 3.59. The zero-order valence-corrected chi connectivity index (χ0v) is 15.1. The fraction of sp³-hybridized carbons (Fsp3) is 0.444. The first-order chi connectivity index (χ1) is 12.2. The zero-order valence-electron chi connectivity index (χ0n) is 15.1. The molecule has 0 aliphatic heterocycles. The lowest BCUT2D eigenvalue weighted by molar-refractivity contribution is -0.142. The van der Waals surface area contributed by atoms with Gasteiger partial charge in [-0.15, -0.1) is 5.10 Å². The predicted molar refractivity (Wildman–Crippen MR) is 86.6 cm³/mol. The molecule has 0 amide bonds. The van der Waals surface area contributed by atoms with Crippen LogP contribution in [-0.4, -0.2) is 10.2 Å². The second-order valence-corrected chi connectivity index (χ2v) is 6.37. The number of hydrogen-bond donors (Lipinski definition) is 0. The third-order valence-electron chi connectivity index (χ3n) is 3.59. The molecule has 9 heteroatoms. The molecule has 27 heavy (non-hydrogen) atoms. The van der Waals surface area contributed by atoms with Gasteiger partial charge < -0.3 is 0 Å². The first-order valence-electron chi connectivity index (χ1n) is 8.00. The topological polar surface area (TPSA) is 25.8 Å². The molecule has 2 aromatic rings. The number of rotatable bonds is 2. The molecular weight excluding hydrogens is 377 g/mol. The Bertz CT molecular complexity index is 750. The highest BCUT2D eigenvalue weighted by molar-refractivity contribution is 5.32.